The van der Waals surface area contributed by atoms with Crippen LogP contribution < -0.4 is 5.73 Å². The van der Waals surface area contributed by atoms with Gasteiger partial charge in [0.25, 0.3) is 0 Å². The smallest absolute Gasteiger partial charge is 0.125 e. The summed E-state index contributed by atoms with van der Waals surface area (Å²) >= 11 is 0. The van der Waals surface area contributed by atoms with Crippen molar-refractivity contribution in [1.82, 2.24) is 0 Å². The summed E-state index contributed by atoms with van der Waals surface area (Å²) in [6.07, 6.45) is -2.34. The molecule has 0 aliphatic carbocycles. The number of nitrogen functional groups attached to an aromatic ring is 1. The molecule has 84 valence electrons. The monoisotopic (exact) mass is 215 g/mol. The first-order valence-corrected chi connectivity index (χ1v) is 4.57. The van der Waals surface area contributed by atoms with E-state index in [0.717, 1.165) is 12.1 Å². The first kappa shape index (κ1) is 11.9. The highest BCUT2D eigenvalue weighted by molar-refractivity contribution is 5.42. The summed E-state index contributed by atoms with van der Waals surface area (Å²) in [6, 6.07) is 3.60. The molecule has 5 heteroatoms. The Bertz CT molecular complexity index is 312. The van der Waals surface area contributed by atoms with Crippen molar-refractivity contribution in [3.8, 4) is 0 Å². The van der Waals surface area contributed by atoms with Crippen LogP contribution in [0.15, 0.2) is 18.2 Å². The van der Waals surface area contributed by atoms with Crippen molar-refractivity contribution in [2.24, 2.45) is 0 Å². The summed E-state index contributed by atoms with van der Waals surface area (Å²) in [4.78, 5) is 0. The maximum absolute atomic E-state index is 12.9. The Morgan fingerprint density at radius 3 is 2.47 bits per heavy atom. The number of benzene rings is 1. The van der Waals surface area contributed by atoms with E-state index in [4.69, 9.17) is 10.8 Å². The van der Waals surface area contributed by atoms with Crippen LogP contribution in [0.4, 0.5) is 10.1 Å². The lowest BCUT2D eigenvalue weighted by Crippen LogP contribution is -2.19. The number of halogens is 1. The van der Waals surface area contributed by atoms with Crippen LogP contribution in [0.2, 0.25) is 0 Å². The van der Waals surface area contributed by atoms with Gasteiger partial charge in [-0.25, -0.2) is 4.39 Å². The molecule has 0 bridgehead atoms. The molecular formula is C10H14FNO3. The molecule has 0 saturated carbocycles. The number of nitrogens with two attached hydrogens (primary N) is 1. The first-order valence-electron chi connectivity index (χ1n) is 4.57. The van der Waals surface area contributed by atoms with Gasteiger partial charge >= 0.3 is 0 Å². The number of aliphatic hydroxyl groups is 3. The van der Waals surface area contributed by atoms with Crippen LogP contribution in [0.1, 0.15) is 18.1 Å². The van der Waals surface area contributed by atoms with Crippen LogP contribution in [0.3, 0.4) is 0 Å². The molecule has 0 heterocycles. The Labute approximate surface area is 86.8 Å². The molecule has 1 aromatic rings. The Morgan fingerprint density at radius 1 is 1.27 bits per heavy atom. The van der Waals surface area contributed by atoms with Crippen molar-refractivity contribution in [2.45, 2.75) is 18.6 Å². The Balaban J connectivity index is 2.85. The fourth-order valence-electron chi connectivity index (χ4n) is 1.32. The van der Waals surface area contributed by atoms with Gasteiger partial charge in [0.2, 0.25) is 0 Å². The number of aliphatic hydroxyl groups excluding tert-OH is 3. The van der Waals surface area contributed by atoms with Crippen molar-refractivity contribution >= 4 is 5.69 Å². The molecule has 0 amide bonds. The minimum absolute atomic E-state index is 0.0254. The Morgan fingerprint density at radius 2 is 1.93 bits per heavy atom. The van der Waals surface area contributed by atoms with Gasteiger partial charge in [0, 0.05) is 12.3 Å². The molecule has 5 N–H and O–H groups in total. The van der Waals surface area contributed by atoms with Gasteiger partial charge < -0.3 is 21.1 Å². The SMILES string of the molecule is Nc1cc(F)cc(C(O)C(O)CCO)c1. The van der Waals surface area contributed by atoms with Crippen molar-refractivity contribution in [1.29, 1.82) is 0 Å². The fourth-order valence-corrected chi connectivity index (χ4v) is 1.32. The number of anilines is 1. The summed E-state index contributed by atoms with van der Waals surface area (Å²) in [5.74, 6) is -0.569. The van der Waals surface area contributed by atoms with Gasteiger partial charge in [0.05, 0.1) is 6.10 Å². The molecule has 1 rings (SSSR count). The van der Waals surface area contributed by atoms with Crippen LogP contribution in [-0.2, 0) is 0 Å². The summed E-state index contributed by atoms with van der Waals surface area (Å²) in [5.41, 5.74) is 5.77. The van der Waals surface area contributed by atoms with Crippen molar-refractivity contribution < 1.29 is 19.7 Å². The predicted octanol–water partition coefficient (Wildman–Crippen LogP) is 0.185. The van der Waals surface area contributed by atoms with Crippen LogP contribution in [0.25, 0.3) is 0 Å². The summed E-state index contributed by atoms with van der Waals surface area (Å²) < 4.78 is 12.9. The molecule has 0 aliphatic rings. The van der Waals surface area contributed by atoms with Gasteiger partial charge in [-0.2, -0.15) is 0 Å². The second kappa shape index (κ2) is 5.06. The highest BCUT2D eigenvalue weighted by Gasteiger charge is 2.18. The molecule has 0 aromatic heterocycles. The molecular weight excluding hydrogens is 201 g/mol. The van der Waals surface area contributed by atoms with E-state index in [0.29, 0.717) is 0 Å². The highest BCUT2D eigenvalue weighted by atomic mass is 19.1. The standard InChI is InChI=1S/C10H14FNO3/c11-7-3-6(4-8(12)5-7)10(15)9(14)1-2-13/h3-5,9-10,13-15H,1-2,12H2. The molecule has 2 atom stereocenters. The van der Waals surface area contributed by atoms with Gasteiger partial charge in [0.1, 0.15) is 11.9 Å². The zero-order chi connectivity index (χ0) is 11.4. The largest absolute Gasteiger partial charge is 0.399 e. The van der Waals surface area contributed by atoms with Crippen molar-refractivity contribution in [3.05, 3.63) is 29.6 Å². The van der Waals surface area contributed by atoms with Crippen LogP contribution >= 0.6 is 0 Å². The van der Waals surface area contributed by atoms with Gasteiger partial charge in [-0.05, 0) is 30.2 Å². The summed E-state index contributed by atoms with van der Waals surface area (Å²) in [6.45, 7) is -0.247. The number of hydrogen-bond acceptors (Lipinski definition) is 4. The molecule has 2 unspecified atom stereocenters. The third kappa shape index (κ3) is 3.16. The zero-order valence-electron chi connectivity index (χ0n) is 8.10. The lowest BCUT2D eigenvalue weighted by Gasteiger charge is -2.17. The van der Waals surface area contributed by atoms with Crippen molar-refractivity contribution in [3.63, 3.8) is 0 Å². The second-order valence-electron chi connectivity index (χ2n) is 3.34. The highest BCUT2D eigenvalue weighted by Crippen LogP contribution is 2.22. The van der Waals surface area contributed by atoms with Gasteiger partial charge in [-0.15, -0.1) is 0 Å². The molecule has 0 radical (unpaired) electrons. The molecule has 0 spiro atoms. The van der Waals surface area contributed by atoms with E-state index in [1.165, 1.54) is 6.07 Å². The molecule has 0 fully saturated rings. The molecule has 0 saturated heterocycles. The minimum Gasteiger partial charge on any atom is -0.399 e. The van der Waals surface area contributed by atoms with E-state index in [2.05, 4.69) is 0 Å². The first-order chi connectivity index (χ1) is 7.04. The third-order valence-electron chi connectivity index (χ3n) is 2.07. The van der Waals surface area contributed by atoms with E-state index >= 15 is 0 Å². The lowest BCUT2D eigenvalue weighted by molar-refractivity contribution is 0.00411. The van der Waals surface area contributed by atoms with E-state index < -0.39 is 18.0 Å². The maximum Gasteiger partial charge on any atom is 0.125 e. The van der Waals surface area contributed by atoms with E-state index in [1.54, 1.807) is 0 Å². The third-order valence-corrected chi connectivity index (χ3v) is 2.07. The Kier molecular flexibility index (Phi) is 4.02. The van der Waals surface area contributed by atoms with Crippen molar-refractivity contribution in [2.75, 3.05) is 12.3 Å². The maximum atomic E-state index is 12.9. The minimum atomic E-state index is -1.24. The van der Waals surface area contributed by atoms with Gasteiger partial charge in [0.15, 0.2) is 0 Å². The zero-order valence-corrected chi connectivity index (χ0v) is 8.10. The van der Waals surface area contributed by atoms with E-state index in [1.807, 2.05) is 0 Å². The number of hydrogen-bond donors (Lipinski definition) is 4. The van der Waals surface area contributed by atoms with Gasteiger partial charge in [-0.1, -0.05) is 0 Å². The van der Waals surface area contributed by atoms with Crippen LogP contribution in [0.5, 0.6) is 0 Å². The fraction of sp³-hybridized carbons (Fsp3) is 0.400. The average Bonchev–Trinajstić information content (AvgIpc) is 2.15. The summed E-state index contributed by atoms with van der Waals surface area (Å²) in [7, 11) is 0. The quantitative estimate of drug-likeness (QED) is 0.540. The van der Waals surface area contributed by atoms with E-state index in [9.17, 15) is 14.6 Å². The predicted molar refractivity (Wildman–Crippen MR) is 53.5 cm³/mol. The van der Waals surface area contributed by atoms with Crippen LogP contribution in [0, 0.1) is 5.82 Å². The van der Waals surface area contributed by atoms with Gasteiger partial charge in [-0.3, -0.25) is 0 Å². The molecule has 4 nitrogen and oxygen atoms in total. The molecule has 1 aromatic carbocycles. The topological polar surface area (TPSA) is 86.7 Å². The Hall–Kier alpha value is -1.17. The normalized spacial score (nSPS) is 14.9. The second-order valence-corrected chi connectivity index (χ2v) is 3.34. The van der Waals surface area contributed by atoms with Crippen LogP contribution in [-0.4, -0.2) is 28.0 Å². The number of rotatable bonds is 4. The lowest BCUT2D eigenvalue weighted by atomic mass is 10.0. The summed E-state index contributed by atoms with van der Waals surface area (Å²) in [5, 5.41) is 27.5. The molecule has 15 heavy (non-hydrogen) atoms. The van der Waals surface area contributed by atoms with E-state index in [-0.39, 0.29) is 24.3 Å². The molecule has 0 aliphatic heterocycles. The average molecular weight is 215 g/mol.